The summed E-state index contributed by atoms with van der Waals surface area (Å²) in [6.07, 6.45) is 5.48. The minimum atomic E-state index is 0.0455. The SMILES string of the molecule is O=C(Cc1coc(-c2ccc(Cl)cc2)n1)N1CCCCC1CCO. The second kappa shape index (κ2) is 7.81. The van der Waals surface area contributed by atoms with Crippen molar-refractivity contribution in [3.8, 4) is 11.5 Å². The number of halogens is 1. The van der Waals surface area contributed by atoms with Gasteiger partial charge in [-0.25, -0.2) is 4.98 Å². The van der Waals surface area contributed by atoms with Crippen molar-refractivity contribution in [3.63, 3.8) is 0 Å². The van der Waals surface area contributed by atoms with Crippen LogP contribution in [0.3, 0.4) is 0 Å². The van der Waals surface area contributed by atoms with Crippen molar-refractivity contribution in [1.29, 1.82) is 0 Å². The number of oxazole rings is 1. The molecule has 1 aromatic carbocycles. The predicted octanol–water partition coefficient (Wildman–Crippen LogP) is 3.30. The molecule has 1 unspecified atom stereocenters. The first-order valence-electron chi connectivity index (χ1n) is 8.28. The third kappa shape index (κ3) is 3.97. The average molecular weight is 349 g/mol. The highest BCUT2D eigenvalue weighted by atomic mass is 35.5. The number of aromatic nitrogens is 1. The Labute approximate surface area is 146 Å². The van der Waals surface area contributed by atoms with Gasteiger partial charge < -0.3 is 14.4 Å². The number of aliphatic hydroxyl groups excluding tert-OH is 1. The topological polar surface area (TPSA) is 66.6 Å². The maximum absolute atomic E-state index is 12.6. The number of amides is 1. The molecule has 0 saturated carbocycles. The minimum absolute atomic E-state index is 0.0455. The Hall–Kier alpha value is -1.85. The maximum Gasteiger partial charge on any atom is 0.228 e. The predicted molar refractivity (Wildman–Crippen MR) is 91.7 cm³/mol. The molecular formula is C18H21ClN2O3. The molecule has 1 atom stereocenters. The van der Waals surface area contributed by atoms with Crippen LogP contribution in [0.4, 0.5) is 0 Å². The molecule has 6 heteroatoms. The Balaban J connectivity index is 1.67. The Kier molecular flexibility index (Phi) is 5.53. The molecule has 128 valence electrons. The first-order valence-corrected chi connectivity index (χ1v) is 8.66. The fourth-order valence-electron chi connectivity index (χ4n) is 3.15. The molecule has 0 spiro atoms. The number of likely N-dealkylation sites (tertiary alicyclic amines) is 1. The summed E-state index contributed by atoms with van der Waals surface area (Å²) in [5.74, 6) is 0.532. The number of hydrogen-bond acceptors (Lipinski definition) is 4. The smallest absolute Gasteiger partial charge is 0.228 e. The van der Waals surface area contributed by atoms with E-state index in [0.717, 1.165) is 31.4 Å². The lowest BCUT2D eigenvalue weighted by Crippen LogP contribution is -2.44. The van der Waals surface area contributed by atoms with Gasteiger partial charge in [0.25, 0.3) is 0 Å². The van der Waals surface area contributed by atoms with Crippen LogP contribution >= 0.6 is 11.6 Å². The number of hydrogen-bond donors (Lipinski definition) is 1. The van der Waals surface area contributed by atoms with Gasteiger partial charge in [-0.2, -0.15) is 0 Å². The van der Waals surface area contributed by atoms with Crippen LogP contribution in [0.2, 0.25) is 5.02 Å². The zero-order chi connectivity index (χ0) is 16.9. The fourth-order valence-corrected chi connectivity index (χ4v) is 3.27. The molecule has 1 fully saturated rings. The molecule has 1 aliphatic rings. The van der Waals surface area contributed by atoms with Crippen molar-refractivity contribution in [1.82, 2.24) is 9.88 Å². The first kappa shape index (κ1) is 17.0. The van der Waals surface area contributed by atoms with Gasteiger partial charge in [-0.05, 0) is 49.9 Å². The van der Waals surface area contributed by atoms with E-state index in [4.69, 9.17) is 16.0 Å². The Morgan fingerprint density at radius 2 is 2.12 bits per heavy atom. The van der Waals surface area contributed by atoms with E-state index in [9.17, 15) is 9.90 Å². The average Bonchev–Trinajstić information content (AvgIpc) is 3.05. The van der Waals surface area contributed by atoms with Gasteiger partial charge in [0.05, 0.1) is 12.1 Å². The lowest BCUT2D eigenvalue weighted by molar-refractivity contribution is -0.134. The van der Waals surface area contributed by atoms with Gasteiger partial charge >= 0.3 is 0 Å². The monoisotopic (exact) mass is 348 g/mol. The maximum atomic E-state index is 12.6. The van der Waals surface area contributed by atoms with Gasteiger partial charge in [0.15, 0.2) is 0 Å². The lowest BCUT2D eigenvalue weighted by atomic mass is 9.99. The Bertz CT molecular complexity index is 682. The van der Waals surface area contributed by atoms with E-state index in [1.807, 2.05) is 17.0 Å². The highest BCUT2D eigenvalue weighted by molar-refractivity contribution is 6.30. The quantitative estimate of drug-likeness (QED) is 0.900. The molecule has 24 heavy (non-hydrogen) atoms. The molecule has 0 aliphatic carbocycles. The lowest BCUT2D eigenvalue weighted by Gasteiger charge is -2.35. The minimum Gasteiger partial charge on any atom is -0.444 e. The summed E-state index contributed by atoms with van der Waals surface area (Å²) in [7, 11) is 0. The molecule has 5 nitrogen and oxygen atoms in total. The molecule has 2 heterocycles. The number of carbonyl (C=O) groups excluding carboxylic acids is 1. The van der Waals surface area contributed by atoms with E-state index in [2.05, 4.69) is 4.98 Å². The van der Waals surface area contributed by atoms with Crippen LogP contribution in [-0.4, -0.2) is 40.1 Å². The molecule has 2 aromatic rings. The van der Waals surface area contributed by atoms with Crippen LogP contribution in [0.1, 0.15) is 31.4 Å². The van der Waals surface area contributed by atoms with Crippen LogP contribution in [0.5, 0.6) is 0 Å². The van der Waals surface area contributed by atoms with E-state index < -0.39 is 0 Å². The molecule has 3 rings (SSSR count). The fraction of sp³-hybridized carbons (Fsp3) is 0.444. The van der Waals surface area contributed by atoms with Crippen LogP contribution in [0.15, 0.2) is 34.9 Å². The number of carbonyl (C=O) groups is 1. The molecule has 0 bridgehead atoms. The molecule has 1 N–H and O–H groups in total. The van der Waals surface area contributed by atoms with Crippen molar-refractivity contribution < 1.29 is 14.3 Å². The van der Waals surface area contributed by atoms with Crippen LogP contribution in [-0.2, 0) is 11.2 Å². The zero-order valence-corrected chi connectivity index (χ0v) is 14.2. The van der Waals surface area contributed by atoms with Gasteiger partial charge in [0.1, 0.15) is 6.26 Å². The number of nitrogens with zero attached hydrogens (tertiary/aromatic N) is 2. The van der Waals surface area contributed by atoms with Crippen molar-refractivity contribution in [2.24, 2.45) is 0 Å². The summed E-state index contributed by atoms with van der Waals surface area (Å²) in [6.45, 7) is 0.866. The van der Waals surface area contributed by atoms with Crippen molar-refractivity contribution in [2.45, 2.75) is 38.1 Å². The largest absolute Gasteiger partial charge is 0.444 e. The Morgan fingerprint density at radius 1 is 1.33 bits per heavy atom. The number of rotatable bonds is 5. The van der Waals surface area contributed by atoms with Gasteiger partial charge in [0, 0.05) is 29.8 Å². The van der Waals surface area contributed by atoms with Crippen molar-refractivity contribution >= 4 is 17.5 Å². The highest BCUT2D eigenvalue weighted by Crippen LogP contribution is 2.23. The van der Waals surface area contributed by atoms with Crippen LogP contribution < -0.4 is 0 Å². The summed E-state index contributed by atoms with van der Waals surface area (Å²) >= 11 is 5.88. The van der Waals surface area contributed by atoms with Gasteiger partial charge in [-0.1, -0.05) is 11.6 Å². The highest BCUT2D eigenvalue weighted by Gasteiger charge is 2.26. The molecule has 1 aromatic heterocycles. The van der Waals surface area contributed by atoms with Crippen molar-refractivity contribution in [3.05, 3.63) is 41.2 Å². The molecule has 1 aliphatic heterocycles. The molecule has 1 saturated heterocycles. The molecule has 1 amide bonds. The summed E-state index contributed by atoms with van der Waals surface area (Å²) < 4.78 is 5.49. The van der Waals surface area contributed by atoms with E-state index in [1.165, 1.54) is 6.26 Å². The third-order valence-corrected chi connectivity index (χ3v) is 4.64. The summed E-state index contributed by atoms with van der Waals surface area (Å²) in [5.41, 5.74) is 1.45. The zero-order valence-electron chi connectivity index (χ0n) is 13.4. The Morgan fingerprint density at radius 3 is 2.88 bits per heavy atom. The van der Waals surface area contributed by atoms with Gasteiger partial charge in [-0.3, -0.25) is 4.79 Å². The molecular weight excluding hydrogens is 328 g/mol. The second-order valence-electron chi connectivity index (χ2n) is 6.08. The van der Waals surface area contributed by atoms with E-state index in [0.29, 0.717) is 23.0 Å². The number of piperidine rings is 1. The summed E-state index contributed by atoms with van der Waals surface area (Å²) in [5, 5.41) is 9.84. The third-order valence-electron chi connectivity index (χ3n) is 4.39. The second-order valence-corrected chi connectivity index (χ2v) is 6.51. The summed E-state index contributed by atoms with van der Waals surface area (Å²) in [4.78, 5) is 18.9. The standard InChI is InChI=1S/C18H21ClN2O3/c19-14-6-4-13(5-7-14)18-20-15(12-24-18)11-17(23)21-9-2-1-3-16(21)8-10-22/h4-7,12,16,22H,1-3,8-11H2. The van der Waals surface area contributed by atoms with Crippen molar-refractivity contribution in [2.75, 3.05) is 13.2 Å². The van der Waals surface area contributed by atoms with E-state index in [-0.39, 0.29) is 25.0 Å². The van der Waals surface area contributed by atoms with E-state index in [1.54, 1.807) is 12.1 Å². The normalized spacial score (nSPS) is 17.9. The number of aliphatic hydroxyl groups is 1. The van der Waals surface area contributed by atoms with Gasteiger partial charge in [0.2, 0.25) is 11.8 Å². The summed E-state index contributed by atoms with van der Waals surface area (Å²) in [6, 6.07) is 7.36. The van der Waals surface area contributed by atoms with Crippen LogP contribution in [0, 0.1) is 0 Å². The van der Waals surface area contributed by atoms with Gasteiger partial charge in [-0.15, -0.1) is 0 Å². The first-order chi connectivity index (χ1) is 11.7. The van der Waals surface area contributed by atoms with Crippen LogP contribution in [0.25, 0.3) is 11.5 Å². The molecule has 0 radical (unpaired) electrons. The number of benzene rings is 1. The van der Waals surface area contributed by atoms with E-state index >= 15 is 0 Å².